The van der Waals surface area contributed by atoms with Gasteiger partial charge in [-0.25, -0.2) is 4.98 Å². The number of nitrogens with zero attached hydrogens (tertiary/aromatic N) is 3. The lowest BCUT2D eigenvalue weighted by Gasteiger charge is -2.21. The third kappa shape index (κ3) is 3.56. The van der Waals surface area contributed by atoms with Crippen LogP contribution in [0.25, 0.3) is 16.6 Å². The Morgan fingerprint density at radius 2 is 1.75 bits per heavy atom. The van der Waals surface area contributed by atoms with Crippen LogP contribution < -0.4 is 5.56 Å². The number of likely N-dealkylation sites (tertiary alicyclic amines) is 1. The second kappa shape index (κ2) is 7.80. The average Bonchev–Trinajstić information content (AvgIpc) is 3.23. The van der Waals surface area contributed by atoms with Gasteiger partial charge in [-0.1, -0.05) is 41.6 Å². The Morgan fingerprint density at radius 3 is 2.46 bits per heavy atom. The first kappa shape index (κ1) is 18.7. The predicted molar refractivity (Wildman–Crippen MR) is 113 cm³/mol. The second-order valence-electron chi connectivity index (χ2n) is 7.18. The third-order valence-corrected chi connectivity index (χ3v) is 6.12. The van der Waals surface area contributed by atoms with Crippen LogP contribution in [0.3, 0.4) is 0 Å². The topological polar surface area (TPSA) is 55.2 Å². The van der Waals surface area contributed by atoms with E-state index in [9.17, 15) is 9.59 Å². The van der Waals surface area contributed by atoms with Gasteiger partial charge in [0.2, 0.25) is 5.91 Å². The monoisotopic (exact) mass is 393 g/mol. The number of carbonyl (C=O) groups excluding carboxylic acids is 1. The van der Waals surface area contributed by atoms with E-state index in [1.165, 1.54) is 11.8 Å². The molecule has 1 fully saturated rings. The van der Waals surface area contributed by atoms with Gasteiger partial charge in [0.1, 0.15) is 0 Å². The lowest BCUT2D eigenvalue weighted by molar-refractivity contribution is -0.129. The summed E-state index contributed by atoms with van der Waals surface area (Å²) in [6.07, 6.45) is 2.12. The van der Waals surface area contributed by atoms with E-state index in [4.69, 9.17) is 4.98 Å². The summed E-state index contributed by atoms with van der Waals surface area (Å²) in [6.45, 7) is 5.54. The fraction of sp³-hybridized carbons (Fsp3) is 0.318. The molecule has 0 N–H and O–H groups in total. The number of thioether (sulfide) groups is 1. The Morgan fingerprint density at radius 1 is 1.07 bits per heavy atom. The molecule has 0 radical (unpaired) electrons. The Kier molecular flexibility index (Phi) is 5.22. The molecule has 1 unspecified atom stereocenters. The zero-order valence-corrected chi connectivity index (χ0v) is 16.9. The molecule has 2 heterocycles. The van der Waals surface area contributed by atoms with Crippen LogP contribution in [0.15, 0.2) is 58.5 Å². The van der Waals surface area contributed by atoms with Gasteiger partial charge < -0.3 is 4.90 Å². The van der Waals surface area contributed by atoms with E-state index in [1.54, 1.807) is 10.6 Å². The fourth-order valence-electron chi connectivity index (χ4n) is 3.52. The van der Waals surface area contributed by atoms with E-state index in [0.29, 0.717) is 16.1 Å². The number of amides is 1. The number of benzene rings is 2. The number of aryl methyl sites for hydroxylation is 1. The van der Waals surface area contributed by atoms with Crippen LogP contribution in [0.1, 0.15) is 25.3 Å². The van der Waals surface area contributed by atoms with Gasteiger partial charge in [0.25, 0.3) is 5.56 Å². The van der Waals surface area contributed by atoms with Crippen LogP contribution in [-0.2, 0) is 4.79 Å². The normalized spacial score (nSPS) is 15.1. The minimum absolute atomic E-state index is 0.111. The molecule has 0 bridgehead atoms. The van der Waals surface area contributed by atoms with Crippen molar-refractivity contribution in [3.8, 4) is 5.69 Å². The molecule has 1 amide bonds. The summed E-state index contributed by atoms with van der Waals surface area (Å²) in [5.41, 5.74) is 2.42. The summed E-state index contributed by atoms with van der Waals surface area (Å²) >= 11 is 1.35. The van der Waals surface area contributed by atoms with Gasteiger partial charge >= 0.3 is 0 Å². The van der Waals surface area contributed by atoms with Crippen molar-refractivity contribution in [3.05, 3.63) is 64.4 Å². The van der Waals surface area contributed by atoms with Crippen molar-refractivity contribution in [3.63, 3.8) is 0 Å². The molecule has 4 rings (SSSR count). The van der Waals surface area contributed by atoms with Crippen molar-refractivity contribution in [2.45, 2.75) is 37.1 Å². The molecule has 1 aliphatic heterocycles. The Labute approximate surface area is 168 Å². The zero-order valence-electron chi connectivity index (χ0n) is 16.1. The standard InChI is InChI=1S/C22H23N3O2S/c1-15-9-11-17(12-10-15)25-21(27)18-7-3-4-8-19(18)23-22(25)28-16(2)20(26)24-13-5-6-14-24/h3-4,7-12,16H,5-6,13-14H2,1-2H3. The van der Waals surface area contributed by atoms with Crippen LogP contribution in [0, 0.1) is 6.92 Å². The molecule has 1 aliphatic rings. The van der Waals surface area contributed by atoms with E-state index < -0.39 is 0 Å². The van der Waals surface area contributed by atoms with Crippen LogP contribution >= 0.6 is 11.8 Å². The molecule has 6 heteroatoms. The first-order valence-corrected chi connectivity index (χ1v) is 10.5. The van der Waals surface area contributed by atoms with Gasteiger partial charge in [-0.2, -0.15) is 0 Å². The Balaban J connectivity index is 1.79. The van der Waals surface area contributed by atoms with Crippen molar-refractivity contribution in [2.24, 2.45) is 0 Å². The number of hydrogen-bond donors (Lipinski definition) is 0. The maximum atomic E-state index is 13.3. The average molecular weight is 394 g/mol. The largest absolute Gasteiger partial charge is 0.342 e. The number of carbonyl (C=O) groups is 1. The van der Waals surface area contributed by atoms with Crippen molar-refractivity contribution in [1.29, 1.82) is 0 Å². The van der Waals surface area contributed by atoms with Crippen molar-refractivity contribution in [2.75, 3.05) is 13.1 Å². The van der Waals surface area contributed by atoms with Gasteiger partial charge in [-0.3, -0.25) is 14.2 Å². The van der Waals surface area contributed by atoms with Crippen LogP contribution in [-0.4, -0.2) is 38.7 Å². The zero-order chi connectivity index (χ0) is 19.7. The van der Waals surface area contributed by atoms with E-state index >= 15 is 0 Å². The summed E-state index contributed by atoms with van der Waals surface area (Å²) in [6, 6.07) is 15.1. The van der Waals surface area contributed by atoms with Crippen LogP contribution in [0.5, 0.6) is 0 Å². The van der Waals surface area contributed by atoms with Crippen molar-refractivity contribution in [1.82, 2.24) is 14.5 Å². The highest BCUT2D eigenvalue weighted by atomic mass is 32.2. The minimum atomic E-state index is -0.303. The van der Waals surface area contributed by atoms with E-state index in [-0.39, 0.29) is 16.7 Å². The van der Waals surface area contributed by atoms with E-state index in [2.05, 4.69) is 0 Å². The van der Waals surface area contributed by atoms with E-state index in [0.717, 1.165) is 37.2 Å². The molecule has 0 spiro atoms. The molecule has 0 aliphatic carbocycles. The summed E-state index contributed by atoms with van der Waals surface area (Å²) in [7, 11) is 0. The molecule has 2 aromatic carbocycles. The lowest BCUT2D eigenvalue weighted by atomic mass is 10.2. The number of fused-ring (bicyclic) bond motifs is 1. The number of hydrogen-bond acceptors (Lipinski definition) is 4. The third-order valence-electron chi connectivity index (χ3n) is 5.08. The molecule has 1 atom stereocenters. The van der Waals surface area contributed by atoms with Gasteiger partial charge in [0.15, 0.2) is 5.16 Å². The highest BCUT2D eigenvalue weighted by Crippen LogP contribution is 2.27. The highest BCUT2D eigenvalue weighted by molar-refractivity contribution is 8.00. The molecule has 1 aromatic heterocycles. The smallest absolute Gasteiger partial charge is 0.266 e. The van der Waals surface area contributed by atoms with Crippen LogP contribution in [0.2, 0.25) is 0 Å². The molecular formula is C22H23N3O2S. The molecular weight excluding hydrogens is 370 g/mol. The summed E-state index contributed by atoms with van der Waals surface area (Å²) in [4.78, 5) is 32.7. The lowest BCUT2D eigenvalue weighted by Crippen LogP contribution is -2.34. The number of aromatic nitrogens is 2. The highest BCUT2D eigenvalue weighted by Gasteiger charge is 2.26. The fourth-order valence-corrected chi connectivity index (χ4v) is 4.53. The molecule has 5 nitrogen and oxygen atoms in total. The van der Waals surface area contributed by atoms with Gasteiger partial charge in [0.05, 0.1) is 21.8 Å². The van der Waals surface area contributed by atoms with Crippen LogP contribution in [0.4, 0.5) is 0 Å². The van der Waals surface area contributed by atoms with Gasteiger partial charge in [0, 0.05) is 13.1 Å². The van der Waals surface area contributed by atoms with Gasteiger partial charge in [-0.05, 0) is 51.0 Å². The number of rotatable bonds is 4. The molecule has 3 aromatic rings. The molecule has 0 saturated carbocycles. The summed E-state index contributed by atoms with van der Waals surface area (Å²) < 4.78 is 1.63. The minimum Gasteiger partial charge on any atom is -0.342 e. The number of para-hydroxylation sites is 1. The first-order valence-electron chi connectivity index (χ1n) is 9.59. The van der Waals surface area contributed by atoms with E-state index in [1.807, 2.05) is 61.2 Å². The maximum absolute atomic E-state index is 13.3. The SMILES string of the molecule is Cc1ccc(-n2c(SC(C)C(=O)N3CCCC3)nc3ccccc3c2=O)cc1. The summed E-state index contributed by atoms with van der Waals surface area (Å²) in [5.74, 6) is 0.111. The Hall–Kier alpha value is -2.60. The maximum Gasteiger partial charge on any atom is 0.266 e. The summed E-state index contributed by atoms with van der Waals surface area (Å²) in [5, 5.41) is 0.821. The van der Waals surface area contributed by atoms with Gasteiger partial charge in [-0.15, -0.1) is 0 Å². The predicted octanol–water partition coefficient (Wildman–Crippen LogP) is 3.80. The molecule has 28 heavy (non-hydrogen) atoms. The molecule has 1 saturated heterocycles. The quantitative estimate of drug-likeness (QED) is 0.500. The molecule has 144 valence electrons. The first-order chi connectivity index (χ1) is 13.5. The van der Waals surface area contributed by atoms with Crippen molar-refractivity contribution < 1.29 is 4.79 Å². The second-order valence-corrected chi connectivity index (χ2v) is 8.49. The van der Waals surface area contributed by atoms with Crippen molar-refractivity contribution >= 4 is 28.6 Å². The Bertz CT molecular complexity index is 1070.